The van der Waals surface area contributed by atoms with E-state index in [4.69, 9.17) is 0 Å². The third kappa shape index (κ3) is 1.41. The zero-order valence-corrected chi connectivity index (χ0v) is 9.29. The van der Waals surface area contributed by atoms with E-state index < -0.39 is 0 Å². The van der Waals surface area contributed by atoms with Crippen molar-refractivity contribution in [2.75, 3.05) is 30.9 Å². The Labute approximate surface area is 83.4 Å². The van der Waals surface area contributed by atoms with Crippen LogP contribution < -0.4 is 20.7 Å². The molecule has 0 aliphatic heterocycles. The number of nitrogens with zero attached hydrogens (tertiary/aromatic N) is 2. The highest BCUT2D eigenvalue weighted by Crippen LogP contribution is 2.22. The van der Waals surface area contributed by atoms with Crippen LogP contribution >= 0.6 is 0 Å². The first-order chi connectivity index (χ1) is 6.37. The fourth-order valence-electron chi connectivity index (χ4n) is 1.37. The van der Waals surface area contributed by atoms with Crippen LogP contribution in [0.4, 0.5) is 11.4 Å². The van der Waals surface area contributed by atoms with E-state index >= 15 is 0 Å². The van der Waals surface area contributed by atoms with Gasteiger partial charge in [-0.15, -0.1) is 0 Å². The van der Waals surface area contributed by atoms with Crippen LogP contribution in [0.25, 0.3) is 0 Å². The number of rotatable bonds is 3. The molecule has 0 spiro atoms. The predicted octanol–water partition coefficient (Wildman–Crippen LogP) is 0.193. The van der Waals surface area contributed by atoms with Crippen LogP contribution in [0.3, 0.4) is 0 Å². The normalized spacial score (nSPS) is 11.0. The van der Waals surface area contributed by atoms with Gasteiger partial charge in [0, 0.05) is 27.2 Å². The molecular weight excluding hydrogens is 180 g/mol. The average molecular weight is 196 g/mol. The molecule has 0 saturated heterocycles. The summed E-state index contributed by atoms with van der Waals surface area (Å²) in [4.78, 5) is 26.1. The summed E-state index contributed by atoms with van der Waals surface area (Å²) in [6.07, 6.45) is 0. The summed E-state index contributed by atoms with van der Waals surface area (Å²) in [5, 5.41) is 0. The lowest BCUT2D eigenvalue weighted by Crippen LogP contribution is -2.45. The van der Waals surface area contributed by atoms with Gasteiger partial charge in [0.1, 0.15) is 11.4 Å². The van der Waals surface area contributed by atoms with Gasteiger partial charge in [0.25, 0.3) is 10.9 Å². The third-order valence-corrected chi connectivity index (χ3v) is 2.44. The smallest absolute Gasteiger partial charge is 0.253 e. The molecule has 0 bridgehead atoms. The van der Waals surface area contributed by atoms with Gasteiger partial charge < -0.3 is 9.80 Å². The van der Waals surface area contributed by atoms with Crippen LogP contribution in [-0.4, -0.2) is 27.2 Å². The monoisotopic (exact) mass is 196 g/mol. The first-order valence-corrected chi connectivity index (χ1v) is 4.61. The first-order valence-electron chi connectivity index (χ1n) is 4.61. The van der Waals surface area contributed by atoms with Crippen molar-refractivity contribution < 1.29 is 0 Å². The molecule has 0 saturated carbocycles. The van der Waals surface area contributed by atoms with Crippen molar-refractivity contribution in [2.45, 2.75) is 19.9 Å². The summed E-state index contributed by atoms with van der Waals surface area (Å²) in [6, 6.07) is 0.219. The minimum absolute atomic E-state index is 0.219. The average Bonchev–Trinajstić information content (AvgIpc) is 2.10. The number of hydrogen-bond donors (Lipinski definition) is 0. The Morgan fingerprint density at radius 2 is 1.36 bits per heavy atom. The molecule has 0 N–H and O–H groups in total. The SMILES string of the molecule is CC(C)N(C)c1c(N(C)C)c(=O)c1=O. The van der Waals surface area contributed by atoms with Crippen LogP contribution in [0, 0.1) is 0 Å². The highest BCUT2D eigenvalue weighted by molar-refractivity contribution is 5.75. The van der Waals surface area contributed by atoms with E-state index in [-0.39, 0.29) is 16.9 Å². The second-order valence-corrected chi connectivity index (χ2v) is 3.95. The standard InChI is InChI=1S/C10H16N2O2/c1-6(2)12(5)8-7(11(3)4)9(13)10(8)14/h6H,1-5H3. The molecule has 0 aliphatic carbocycles. The first kappa shape index (κ1) is 10.8. The maximum absolute atomic E-state index is 11.3. The molecule has 1 aromatic rings. The van der Waals surface area contributed by atoms with Crippen molar-refractivity contribution in [3.8, 4) is 0 Å². The summed E-state index contributed by atoms with van der Waals surface area (Å²) in [5.74, 6) is 0. The summed E-state index contributed by atoms with van der Waals surface area (Å²) in [5.41, 5.74) is 0.309. The van der Waals surface area contributed by atoms with Crippen LogP contribution in [0.2, 0.25) is 0 Å². The molecule has 0 atom stereocenters. The van der Waals surface area contributed by atoms with Gasteiger partial charge in [0.2, 0.25) is 0 Å². The largest absolute Gasteiger partial charge is 0.373 e. The van der Waals surface area contributed by atoms with Crippen molar-refractivity contribution in [3.05, 3.63) is 20.4 Å². The Morgan fingerprint density at radius 1 is 0.929 bits per heavy atom. The van der Waals surface area contributed by atoms with Gasteiger partial charge in [-0.05, 0) is 13.8 Å². The molecule has 0 fully saturated rings. The quantitative estimate of drug-likeness (QED) is 0.647. The molecule has 0 aromatic heterocycles. The molecule has 14 heavy (non-hydrogen) atoms. The predicted molar refractivity (Wildman–Crippen MR) is 59.2 cm³/mol. The topological polar surface area (TPSA) is 40.6 Å². The molecule has 78 valence electrons. The van der Waals surface area contributed by atoms with E-state index in [9.17, 15) is 9.59 Å². The van der Waals surface area contributed by atoms with Gasteiger partial charge in [-0.3, -0.25) is 9.59 Å². The van der Waals surface area contributed by atoms with Crippen LogP contribution in [0.1, 0.15) is 13.8 Å². The molecule has 0 unspecified atom stereocenters. The lowest BCUT2D eigenvalue weighted by atomic mass is 10.1. The van der Waals surface area contributed by atoms with Gasteiger partial charge in [-0.25, -0.2) is 0 Å². The third-order valence-electron chi connectivity index (χ3n) is 2.44. The van der Waals surface area contributed by atoms with Gasteiger partial charge in [-0.1, -0.05) is 0 Å². The molecule has 1 aromatic carbocycles. The minimum Gasteiger partial charge on any atom is -0.373 e. The summed E-state index contributed by atoms with van der Waals surface area (Å²) < 4.78 is 0. The van der Waals surface area contributed by atoms with Gasteiger partial charge in [0.05, 0.1) is 0 Å². The van der Waals surface area contributed by atoms with E-state index in [1.54, 1.807) is 19.0 Å². The zero-order valence-electron chi connectivity index (χ0n) is 9.29. The fraction of sp³-hybridized carbons (Fsp3) is 0.600. The summed E-state index contributed by atoms with van der Waals surface area (Å²) >= 11 is 0. The highest BCUT2D eigenvalue weighted by Gasteiger charge is 2.26. The van der Waals surface area contributed by atoms with Crippen molar-refractivity contribution in [1.29, 1.82) is 0 Å². The molecule has 0 heterocycles. The van der Waals surface area contributed by atoms with E-state index in [0.29, 0.717) is 11.4 Å². The Balaban J connectivity index is 3.17. The Hall–Kier alpha value is -1.32. The molecule has 0 radical (unpaired) electrons. The van der Waals surface area contributed by atoms with Crippen molar-refractivity contribution in [3.63, 3.8) is 0 Å². The lowest BCUT2D eigenvalue weighted by Gasteiger charge is -2.29. The van der Waals surface area contributed by atoms with E-state index in [0.717, 1.165) is 0 Å². The number of hydrogen-bond acceptors (Lipinski definition) is 4. The van der Waals surface area contributed by atoms with E-state index in [1.807, 2.05) is 25.8 Å². The maximum atomic E-state index is 11.3. The fourth-order valence-corrected chi connectivity index (χ4v) is 1.37. The van der Waals surface area contributed by atoms with Gasteiger partial charge in [-0.2, -0.15) is 0 Å². The Kier molecular flexibility index (Phi) is 2.64. The van der Waals surface area contributed by atoms with Crippen molar-refractivity contribution >= 4 is 11.4 Å². The van der Waals surface area contributed by atoms with Crippen LogP contribution in [-0.2, 0) is 0 Å². The molecule has 0 aliphatic rings. The molecule has 4 nitrogen and oxygen atoms in total. The number of anilines is 2. The molecule has 0 amide bonds. The van der Waals surface area contributed by atoms with Crippen molar-refractivity contribution in [2.24, 2.45) is 0 Å². The molecule has 1 rings (SSSR count). The lowest BCUT2D eigenvalue weighted by molar-refractivity contribution is 0.746. The van der Waals surface area contributed by atoms with Crippen molar-refractivity contribution in [1.82, 2.24) is 0 Å². The van der Waals surface area contributed by atoms with Crippen LogP contribution in [0.5, 0.6) is 0 Å². The molecule has 4 heteroatoms. The Bertz CT molecular complexity index is 400. The summed E-state index contributed by atoms with van der Waals surface area (Å²) in [7, 11) is 5.37. The second kappa shape index (κ2) is 3.44. The summed E-state index contributed by atoms with van der Waals surface area (Å²) in [6.45, 7) is 3.96. The maximum Gasteiger partial charge on any atom is 0.253 e. The van der Waals surface area contributed by atoms with E-state index in [1.165, 1.54) is 0 Å². The zero-order chi connectivity index (χ0) is 11.0. The minimum atomic E-state index is -0.377. The second-order valence-electron chi connectivity index (χ2n) is 3.95. The van der Waals surface area contributed by atoms with Gasteiger partial charge in [0.15, 0.2) is 0 Å². The van der Waals surface area contributed by atoms with Gasteiger partial charge >= 0.3 is 0 Å². The molecular formula is C10H16N2O2. The highest BCUT2D eigenvalue weighted by atomic mass is 16.2. The Morgan fingerprint density at radius 3 is 1.71 bits per heavy atom. The van der Waals surface area contributed by atoms with Crippen LogP contribution in [0.15, 0.2) is 9.59 Å². The van der Waals surface area contributed by atoms with E-state index in [2.05, 4.69) is 0 Å².